The lowest BCUT2D eigenvalue weighted by Gasteiger charge is -2.35. The molecule has 0 bridgehead atoms. The van der Waals surface area contributed by atoms with Crippen LogP contribution in [0.2, 0.25) is 0 Å². The van der Waals surface area contributed by atoms with Gasteiger partial charge in [-0.2, -0.15) is 47.9 Å². The fourth-order valence-corrected chi connectivity index (χ4v) is 5.87. The number of carbonyl (C=O) groups excluding carboxylic acids is 1. The van der Waals surface area contributed by atoms with E-state index in [9.17, 15) is 52.7 Å². The molecule has 0 heterocycles. The molecule has 0 aromatic heterocycles. The van der Waals surface area contributed by atoms with Crippen molar-refractivity contribution >= 4 is 26.2 Å². The van der Waals surface area contributed by atoms with E-state index in [1.807, 2.05) is 6.92 Å². The van der Waals surface area contributed by atoms with Crippen LogP contribution in [0.15, 0.2) is 0 Å². The average Bonchev–Trinajstić information content (AvgIpc) is 2.48. The molecule has 0 atom stereocenters. The van der Waals surface area contributed by atoms with Crippen molar-refractivity contribution in [1.82, 2.24) is 0 Å². The molecule has 0 saturated carbocycles. The molecule has 0 fully saturated rings. The van der Waals surface area contributed by atoms with Crippen LogP contribution in [0.25, 0.3) is 0 Å². The Hall–Kier alpha value is -0.700. The van der Waals surface area contributed by atoms with Gasteiger partial charge in [-0.05, 0) is 18.9 Å². The minimum absolute atomic E-state index is 0.0987. The van der Waals surface area contributed by atoms with Crippen LogP contribution in [-0.4, -0.2) is 55.7 Å². The molecule has 0 aliphatic carbocycles. The van der Waals surface area contributed by atoms with E-state index < -0.39 is 55.2 Å². The number of carbonyl (C=O) groups is 1. The minimum Gasteiger partial charge on any atom is -0.299 e. The van der Waals surface area contributed by atoms with Gasteiger partial charge in [0, 0.05) is 6.42 Å². The fourth-order valence-electron chi connectivity index (χ4n) is 2.04. The lowest BCUT2D eigenvalue weighted by atomic mass is 10.1. The Balaban J connectivity index is 5.53. The van der Waals surface area contributed by atoms with Crippen LogP contribution in [0, 0.1) is 0 Å². The summed E-state index contributed by atoms with van der Waals surface area (Å²) in [5, 5.41) is -6.92. The lowest BCUT2D eigenvalue weighted by Crippen LogP contribution is -2.63. The van der Waals surface area contributed by atoms with Gasteiger partial charge in [0.25, 0.3) is 0 Å². The number of hydrogen-bond donors (Lipinski definition) is 0. The quantitative estimate of drug-likeness (QED) is 0.277. The third-order valence-corrected chi connectivity index (χ3v) is 7.61. The van der Waals surface area contributed by atoms with Crippen LogP contribution in [0.4, 0.5) is 39.5 Å². The summed E-state index contributed by atoms with van der Waals surface area (Å²) >= 11 is 0. The van der Waals surface area contributed by atoms with Gasteiger partial charge in [-0.15, -0.1) is 10.3 Å². The highest BCUT2D eigenvalue weighted by atomic mass is 32.3. The molecule has 0 N–H and O–H groups in total. The summed E-state index contributed by atoms with van der Waals surface area (Å²) in [4.78, 5) is 11.8. The molecule has 0 unspecified atom stereocenters. The van der Waals surface area contributed by atoms with E-state index in [1.165, 1.54) is 0 Å². The van der Waals surface area contributed by atoms with Crippen molar-refractivity contribution in [3.05, 3.63) is 0 Å². The first kappa shape index (κ1) is 28.3. The second-order valence-corrected chi connectivity index (χ2v) is 11.7. The van der Waals surface area contributed by atoms with E-state index >= 15 is 0 Å². The first-order valence-electron chi connectivity index (χ1n) is 8.05. The number of alkyl halides is 9. The zero-order chi connectivity index (χ0) is 23.5. The average molecular weight is 488 g/mol. The largest absolute Gasteiger partial charge is 0.460 e. The zero-order valence-corrected chi connectivity index (χ0v) is 17.2. The summed E-state index contributed by atoms with van der Waals surface area (Å²) in [6.45, 7) is 1.88. The SMILES string of the molecule is CCCCCCC(=O)CS(C)(C)OS(=O)(=O)C(F)(F)C(F)(F)C(F)(F)C(F)(F)F. The first-order chi connectivity index (χ1) is 12.7. The van der Waals surface area contributed by atoms with Crippen molar-refractivity contribution in [3.63, 3.8) is 0 Å². The molecule has 0 aromatic rings. The molecule has 15 heteroatoms. The molecule has 4 nitrogen and oxygen atoms in total. The van der Waals surface area contributed by atoms with Gasteiger partial charge in [-0.3, -0.25) is 4.79 Å². The number of rotatable bonds is 12. The van der Waals surface area contributed by atoms with Gasteiger partial charge >= 0.3 is 33.4 Å². The van der Waals surface area contributed by atoms with Crippen LogP contribution in [0.5, 0.6) is 0 Å². The Kier molecular flexibility index (Phi) is 8.98. The summed E-state index contributed by atoms with van der Waals surface area (Å²) in [5.41, 5.74) is 0. The second kappa shape index (κ2) is 9.20. The van der Waals surface area contributed by atoms with Crippen molar-refractivity contribution < 1.29 is 56.4 Å². The third-order valence-electron chi connectivity index (χ3n) is 3.52. The van der Waals surface area contributed by atoms with E-state index in [-0.39, 0.29) is 6.42 Å². The van der Waals surface area contributed by atoms with E-state index in [1.54, 1.807) is 0 Å². The Labute approximate surface area is 163 Å². The number of Topliss-reactive ketones (excluding diaryl/α,β-unsaturated/α-hetero) is 1. The maximum absolute atomic E-state index is 13.6. The van der Waals surface area contributed by atoms with Gasteiger partial charge < -0.3 is 0 Å². The molecule has 29 heavy (non-hydrogen) atoms. The van der Waals surface area contributed by atoms with Crippen molar-refractivity contribution in [2.45, 2.75) is 62.3 Å². The molecule has 0 spiro atoms. The summed E-state index contributed by atoms with van der Waals surface area (Å²) in [6.07, 6.45) is -3.05. The Morgan fingerprint density at radius 2 is 1.31 bits per heavy atom. The predicted octanol–water partition coefficient (Wildman–Crippen LogP) is 5.28. The minimum atomic E-state index is -7.37. The number of ketones is 1. The van der Waals surface area contributed by atoms with E-state index in [4.69, 9.17) is 0 Å². The van der Waals surface area contributed by atoms with Crippen molar-refractivity contribution in [1.29, 1.82) is 0 Å². The van der Waals surface area contributed by atoms with Crippen molar-refractivity contribution in [2.75, 3.05) is 18.3 Å². The standard InChI is InChI=1S/C14H21F9O4S2/c1-4-5-6-7-8-10(24)9-28(2,3)27-29(25,26)14(22,23)12(17,18)11(15,16)13(19,20)21/h4-9H2,1-3H3. The summed E-state index contributed by atoms with van der Waals surface area (Å²) in [7, 11) is -10.4. The molecule has 0 aromatic carbocycles. The smallest absolute Gasteiger partial charge is 0.299 e. The highest BCUT2D eigenvalue weighted by Crippen LogP contribution is 2.57. The van der Waals surface area contributed by atoms with E-state index in [2.05, 4.69) is 3.63 Å². The molecule has 176 valence electrons. The van der Waals surface area contributed by atoms with Gasteiger partial charge in [0.15, 0.2) is 0 Å². The summed E-state index contributed by atoms with van der Waals surface area (Å²) < 4.78 is 143. The molecule has 0 aliphatic rings. The van der Waals surface area contributed by atoms with Gasteiger partial charge in [-0.25, -0.2) is 3.63 Å². The second-order valence-electron chi connectivity index (χ2n) is 6.62. The molecule has 0 saturated heterocycles. The van der Waals surface area contributed by atoms with Crippen LogP contribution in [-0.2, 0) is 18.5 Å². The lowest BCUT2D eigenvalue weighted by molar-refractivity contribution is -0.382. The molecule has 0 radical (unpaired) electrons. The third kappa shape index (κ3) is 6.39. The van der Waals surface area contributed by atoms with Gasteiger partial charge in [0.05, 0.1) is 5.75 Å². The summed E-state index contributed by atoms with van der Waals surface area (Å²) in [6, 6.07) is 0. The first-order valence-corrected chi connectivity index (χ1v) is 12.0. The highest BCUT2D eigenvalue weighted by Gasteiger charge is 2.86. The normalized spacial score (nSPS) is 15.4. The number of unbranched alkanes of at least 4 members (excludes halogenated alkanes) is 3. The van der Waals surface area contributed by atoms with Gasteiger partial charge in [0.1, 0.15) is 5.78 Å². The Morgan fingerprint density at radius 3 is 1.72 bits per heavy atom. The maximum Gasteiger partial charge on any atom is 0.460 e. The predicted molar refractivity (Wildman–Crippen MR) is 89.0 cm³/mol. The summed E-state index contributed by atoms with van der Waals surface area (Å²) in [5.74, 6) is -16.2. The van der Waals surface area contributed by atoms with Crippen LogP contribution < -0.4 is 0 Å². The Morgan fingerprint density at radius 1 is 0.828 bits per heavy atom. The Bertz CT molecular complexity index is 673. The fraction of sp³-hybridized carbons (Fsp3) is 0.929. The van der Waals surface area contributed by atoms with E-state index in [0.717, 1.165) is 25.4 Å². The van der Waals surface area contributed by atoms with Crippen LogP contribution in [0.1, 0.15) is 39.0 Å². The highest BCUT2D eigenvalue weighted by molar-refractivity contribution is 8.32. The van der Waals surface area contributed by atoms with Gasteiger partial charge in [-0.1, -0.05) is 26.2 Å². The maximum atomic E-state index is 13.6. The molecular formula is C14H21F9O4S2. The molecule has 0 amide bonds. The monoisotopic (exact) mass is 488 g/mol. The molecule has 0 rings (SSSR count). The molecule has 0 aliphatic heterocycles. The van der Waals surface area contributed by atoms with Crippen LogP contribution >= 0.6 is 10.3 Å². The number of hydrogen-bond acceptors (Lipinski definition) is 4. The van der Waals surface area contributed by atoms with Crippen molar-refractivity contribution in [2.24, 2.45) is 0 Å². The topological polar surface area (TPSA) is 60.4 Å². The molecular weight excluding hydrogens is 467 g/mol. The van der Waals surface area contributed by atoms with Crippen molar-refractivity contribution in [3.8, 4) is 0 Å². The number of halogens is 9. The van der Waals surface area contributed by atoms with E-state index in [0.29, 0.717) is 12.8 Å². The van der Waals surface area contributed by atoms with Crippen LogP contribution in [0.3, 0.4) is 0 Å². The zero-order valence-electron chi connectivity index (χ0n) is 15.6. The van der Waals surface area contributed by atoms with Gasteiger partial charge in [0.2, 0.25) is 0 Å².